The van der Waals surface area contributed by atoms with Crippen LogP contribution in [0.15, 0.2) is 30.5 Å². The molecule has 106 valence electrons. The molecule has 1 aromatic heterocycles. The molecule has 2 N–H and O–H groups in total. The van der Waals surface area contributed by atoms with E-state index in [0.717, 1.165) is 36.1 Å². The first-order valence-corrected chi connectivity index (χ1v) is 7.33. The fourth-order valence-electron chi connectivity index (χ4n) is 3.09. The summed E-state index contributed by atoms with van der Waals surface area (Å²) in [7, 11) is 0. The molecule has 0 bridgehead atoms. The molecule has 4 nitrogen and oxygen atoms in total. The first-order valence-electron chi connectivity index (χ1n) is 7.33. The van der Waals surface area contributed by atoms with Gasteiger partial charge in [-0.15, -0.1) is 0 Å². The summed E-state index contributed by atoms with van der Waals surface area (Å²) in [6, 6.07) is 7.81. The van der Waals surface area contributed by atoms with Crippen LogP contribution in [0.1, 0.15) is 32.6 Å². The van der Waals surface area contributed by atoms with Crippen molar-refractivity contribution in [1.29, 1.82) is 0 Å². The quantitative estimate of drug-likeness (QED) is 0.901. The highest BCUT2D eigenvalue weighted by Gasteiger charge is 2.32. The lowest BCUT2D eigenvalue weighted by Crippen LogP contribution is -2.41. The Balaban J connectivity index is 1.70. The fraction of sp³-hybridized carbons (Fsp3) is 0.500. The van der Waals surface area contributed by atoms with Gasteiger partial charge in [0.25, 0.3) is 0 Å². The van der Waals surface area contributed by atoms with Gasteiger partial charge in [-0.25, -0.2) is 4.98 Å². The van der Waals surface area contributed by atoms with Gasteiger partial charge in [0.05, 0.1) is 22.8 Å². The summed E-state index contributed by atoms with van der Waals surface area (Å²) >= 11 is 0. The number of nitrogens with zero attached hydrogens (tertiary/aromatic N) is 2. The van der Waals surface area contributed by atoms with Crippen molar-refractivity contribution in [3.05, 3.63) is 30.5 Å². The molecule has 1 aliphatic rings. The summed E-state index contributed by atoms with van der Waals surface area (Å²) in [6.07, 6.45) is 5.78. The molecule has 0 spiro atoms. The summed E-state index contributed by atoms with van der Waals surface area (Å²) in [5, 5.41) is 13.8. The molecule has 0 aliphatic heterocycles. The molecule has 1 fully saturated rings. The first-order chi connectivity index (χ1) is 9.65. The average Bonchev–Trinajstić information content (AvgIpc) is 2.45. The smallest absolute Gasteiger partial charge is 0.145 e. The Morgan fingerprint density at radius 2 is 2.15 bits per heavy atom. The van der Waals surface area contributed by atoms with E-state index in [-0.39, 0.29) is 0 Å². The lowest BCUT2D eigenvalue weighted by Gasteiger charge is -2.35. The third kappa shape index (κ3) is 2.90. The molecule has 1 heterocycles. The minimum absolute atomic E-state index is 0.546. The SMILES string of the molecule is CC1CCCC(O)(CNc2cnc3ccccc3n2)C1. The third-order valence-electron chi connectivity index (χ3n) is 4.11. The van der Waals surface area contributed by atoms with Gasteiger partial charge in [0.1, 0.15) is 5.82 Å². The van der Waals surface area contributed by atoms with Crippen LogP contribution in [0.4, 0.5) is 5.82 Å². The summed E-state index contributed by atoms with van der Waals surface area (Å²) in [6.45, 7) is 2.75. The van der Waals surface area contributed by atoms with E-state index in [1.165, 1.54) is 6.42 Å². The predicted octanol–water partition coefficient (Wildman–Crippen LogP) is 2.98. The Bertz CT molecular complexity index is 601. The van der Waals surface area contributed by atoms with Crippen molar-refractivity contribution in [3.8, 4) is 0 Å². The maximum absolute atomic E-state index is 10.6. The number of benzene rings is 1. The number of para-hydroxylation sites is 2. The lowest BCUT2D eigenvalue weighted by molar-refractivity contribution is -0.000825. The average molecular weight is 271 g/mol. The molecule has 0 amide bonds. The van der Waals surface area contributed by atoms with Crippen LogP contribution in [0.25, 0.3) is 11.0 Å². The molecule has 2 atom stereocenters. The Morgan fingerprint density at radius 3 is 2.95 bits per heavy atom. The number of aliphatic hydroxyl groups is 1. The first kappa shape index (κ1) is 13.3. The van der Waals surface area contributed by atoms with E-state index in [0.29, 0.717) is 12.5 Å². The van der Waals surface area contributed by atoms with E-state index >= 15 is 0 Å². The van der Waals surface area contributed by atoms with Gasteiger partial charge in [-0.05, 0) is 30.9 Å². The second-order valence-electron chi connectivity index (χ2n) is 6.02. The highest BCUT2D eigenvalue weighted by molar-refractivity contribution is 5.75. The Morgan fingerprint density at radius 1 is 1.35 bits per heavy atom. The van der Waals surface area contributed by atoms with Crippen LogP contribution < -0.4 is 5.32 Å². The van der Waals surface area contributed by atoms with Crippen LogP contribution in [0.5, 0.6) is 0 Å². The van der Waals surface area contributed by atoms with E-state index in [9.17, 15) is 5.11 Å². The Hall–Kier alpha value is -1.68. The van der Waals surface area contributed by atoms with Gasteiger partial charge < -0.3 is 10.4 Å². The van der Waals surface area contributed by atoms with Gasteiger partial charge in [0.15, 0.2) is 0 Å². The zero-order valence-corrected chi connectivity index (χ0v) is 11.8. The van der Waals surface area contributed by atoms with E-state index in [2.05, 4.69) is 22.2 Å². The van der Waals surface area contributed by atoms with Crippen LogP contribution in [0.2, 0.25) is 0 Å². The van der Waals surface area contributed by atoms with Crippen molar-refractivity contribution in [2.24, 2.45) is 5.92 Å². The second kappa shape index (κ2) is 5.37. The molecule has 20 heavy (non-hydrogen) atoms. The van der Waals surface area contributed by atoms with Gasteiger partial charge in [-0.1, -0.05) is 31.9 Å². The molecule has 1 saturated carbocycles. The standard InChI is InChI=1S/C16H21N3O/c1-12-5-4-8-16(20,9-12)11-18-15-10-17-13-6-2-3-7-14(13)19-15/h2-3,6-7,10,12,20H,4-5,8-9,11H2,1H3,(H,18,19). The van der Waals surface area contributed by atoms with Gasteiger partial charge in [0.2, 0.25) is 0 Å². The molecular weight excluding hydrogens is 250 g/mol. The second-order valence-corrected chi connectivity index (χ2v) is 6.02. The maximum Gasteiger partial charge on any atom is 0.145 e. The van der Waals surface area contributed by atoms with E-state index in [4.69, 9.17) is 0 Å². The third-order valence-corrected chi connectivity index (χ3v) is 4.11. The van der Waals surface area contributed by atoms with Crippen molar-refractivity contribution in [3.63, 3.8) is 0 Å². The number of hydrogen-bond donors (Lipinski definition) is 2. The van der Waals surface area contributed by atoms with Gasteiger partial charge in [-0.3, -0.25) is 4.98 Å². The van der Waals surface area contributed by atoms with Crippen LogP contribution in [0.3, 0.4) is 0 Å². The monoisotopic (exact) mass is 271 g/mol. The molecule has 2 unspecified atom stereocenters. The van der Waals surface area contributed by atoms with Crippen molar-refractivity contribution in [2.75, 3.05) is 11.9 Å². The highest BCUT2D eigenvalue weighted by Crippen LogP contribution is 2.32. The summed E-state index contributed by atoms with van der Waals surface area (Å²) in [4.78, 5) is 8.90. The molecule has 0 saturated heterocycles. The summed E-state index contributed by atoms with van der Waals surface area (Å²) in [5.74, 6) is 1.33. The van der Waals surface area contributed by atoms with E-state index in [1.807, 2.05) is 24.3 Å². The molecule has 1 aliphatic carbocycles. The number of rotatable bonds is 3. The van der Waals surface area contributed by atoms with Gasteiger partial charge >= 0.3 is 0 Å². The van der Waals surface area contributed by atoms with E-state index in [1.54, 1.807) is 6.20 Å². The lowest BCUT2D eigenvalue weighted by atomic mass is 9.79. The van der Waals surface area contributed by atoms with Crippen LogP contribution in [0, 0.1) is 5.92 Å². The fourth-order valence-corrected chi connectivity index (χ4v) is 3.09. The molecule has 1 aromatic carbocycles. The van der Waals surface area contributed by atoms with Crippen LogP contribution in [-0.4, -0.2) is 27.2 Å². The zero-order chi connectivity index (χ0) is 14.0. The van der Waals surface area contributed by atoms with Crippen LogP contribution >= 0.6 is 0 Å². The number of hydrogen-bond acceptors (Lipinski definition) is 4. The number of nitrogens with one attached hydrogen (secondary N) is 1. The minimum atomic E-state index is -0.606. The van der Waals surface area contributed by atoms with Crippen LogP contribution in [-0.2, 0) is 0 Å². The Labute approximate surface area is 119 Å². The maximum atomic E-state index is 10.6. The van der Waals surface area contributed by atoms with Crippen molar-refractivity contribution >= 4 is 16.9 Å². The summed E-state index contributed by atoms with van der Waals surface area (Å²) in [5.41, 5.74) is 1.16. The number of aromatic nitrogens is 2. The molecule has 0 radical (unpaired) electrons. The topological polar surface area (TPSA) is 58.0 Å². The Kier molecular flexibility index (Phi) is 3.57. The highest BCUT2D eigenvalue weighted by atomic mass is 16.3. The number of anilines is 1. The normalized spacial score (nSPS) is 26.6. The zero-order valence-electron chi connectivity index (χ0n) is 11.8. The molecular formula is C16H21N3O. The molecule has 4 heteroatoms. The summed E-state index contributed by atoms with van der Waals surface area (Å²) < 4.78 is 0. The van der Waals surface area contributed by atoms with Gasteiger partial charge in [-0.2, -0.15) is 0 Å². The molecule has 2 aromatic rings. The van der Waals surface area contributed by atoms with Crippen molar-refractivity contribution in [1.82, 2.24) is 9.97 Å². The molecule has 3 rings (SSSR count). The number of fused-ring (bicyclic) bond motifs is 1. The largest absolute Gasteiger partial charge is 0.388 e. The van der Waals surface area contributed by atoms with Crippen molar-refractivity contribution in [2.45, 2.75) is 38.2 Å². The predicted molar refractivity (Wildman–Crippen MR) is 80.6 cm³/mol. The minimum Gasteiger partial charge on any atom is -0.388 e. The van der Waals surface area contributed by atoms with Crippen molar-refractivity contribution < 1.29 is 5.11 Å². The van der Waals surface area contributed by atoms with E-state index < -0.39 is 5.60 Å². The van der Waals surface area contributed by atoms with Gasteiger partial charge in [0, 0.05) is 6.54 Å².